The van der Waals surface area contributed by atoms with E-state index in [-0.39, 0.29) is 23.7 Å². The average Bonchev–Trinajstić information content (AvgIpc) is 3.27. The number of aromatic amines is 1. The van der Waals surface area contributed by atoms with Crippen molar-refractivity contribution in [3.63, 3.8) is 0 Å². The minimum atomic E-state index is -0.542. The number of imide groups is 1. The SMILES string of the molecule is CNCCN1C(=O)[C@@H]2Cc3c([nH]c4ccc(OC)cc34)C(Cc3cccc(O)c3)N2C1=O. The Bertz CT molecular complexity index is 1200. The number of fused-ring (bicyclic) bond motifs is 4. The molecule has 2 aliphatic rings. The molecule has 0 spiro atoms. The molecule has 3 amide bonds. The molecule has 1 fully saturated rings. The van der Waals surface area contributed by atoms with Gasteiger partial charge in [0, 0.05) is 36.1 Å². The Balaban J connectivity index is 1.62. The normalized spacial score (nSPS) is 20.1. The lowest BCUT2D eigenvalue weighted by atomic mass is 9.89. The first-order valence-electron chi connectivity index (χ1n) is 10.8. The van der Waals surface area contributed by atoms with Crippen LogP contribution in [0.25, 0.3) is 10.9 Å². The van der Waals surface area contributed by atoms with E-state index in [0.29, 0.717) is 25.9 Å². The van der Waals surface area contributed by atoms with E-state index in [1.165, 1.54) is 4.90 Å². The van der Waals surface area contributed by atoms with Gasteiger partial charge in [0.05, 0.1) is 13.2 Å². The number of phenolic OH excluding ortho intramolecular Hbond substituents is 1. The maximum Gasteiger partial charge on any atom is 0.328 e. The zero-order valence-corrected chi connectivity index (χ0v) is 18.1. The van der Waals surface area contributed by atoms with Crippen LogP contribution >= 0.6 is 0 Å². The van der Waals surface area contributed by atoms with E-state index >= 15 is 0 Å². The zero-order valence-electron chi connectivity index (χ0n) is 18.1. The molecule has 3 N–H and O–H groups in total. The number of phenols is 1. The number of aromatic nitrogens is 1. The molecule has 1 aromatic heterocycles. The summed E-state index contributed by atoms with van der Waals surface area (Å²) in [5.41, 5.74) is 3.82. The molecule has 0 radical (unpaired) electrons. The Hall–Kier alpha value is -3.52. The molecule has 3 aromatic rings. The number of methoxy groups -OCH3 is 1. The molecule has 0 aliphatic carbocycles. The van der Waals surface area contributed by atoms with Gasteiger partial charge < -0.3 is 25.0 Å². The summed E-state index contributed by atoms with van der Waals surface area (Å²) in [7, 11) is 3.43. The fraction of sp³-hybridized carbons (Fsp3) is 0.333. The maximum absolute atomic E-state index is 13.4. The van der Waals surface area contributed by atoms with Gasteiger partial charge in [0.2, 0.25) is 0 Å². The van der Waals surface area contributed by atoms with E-state index in [4.69, 9.17) is 4.74 Å². The van der Waals surface area contributed by atoms with Crippen molar-refractivity contribution in [2.24, 2.45) is 0 Å². The van der Waals surface area contributed by atoms with Gasteiger partial charge in [-0.05, 0) is 54.9 Å². The van der Waals surface area contributed by atoms with Crippen molar-refractivity contribution in [1.29, 1.82) is 0 Å². The molecule has 5 rings (SSSR count). The maximum atomic E-state index is 13.4. The number of carbonyl (C=O) groups excluding carboxylic acids is 2. The van der Waals surface area contributed by atoms with Gasteiger partial charge in [-0.1, -0.05) is 12.1 Å². The van der Waals surface area contributed by atoms with Crippen LogP contribution in [0.4, 0.5) is 4.79 Å². The molecule has 0 bridgehead atoms. The number of H-pyrrole nitrogens is 1. The Morgan fingerprint density at radius 2 is 2.06 bits per heavy atom. The summed E-state index contributed by atoms with van der Waals surface area (Å²) < 4.78 is 5.42. The van der Waals surface area contributed by atoms with Crippen molar-refractivity contribution in [3.8, 4) is 11.5 Å². The molecule has 1 saturated heterocycles. The second kappa shape index (κ2) is 7.87. The van der Waals surface area contributed by atoms with Gasteiger partial charge >= 0.3 is 6.03 Å². The molecular formula is C24H26N4O4. The number of rotatable bonds is 6. The highest BCUT2D eigenvalue weighted by atomic mass is 16.5. The predicted octanol–water partition coefficient (Wildman–Crippen LogP) is 2.57. The Kier molecular flexibility index (Phi) is 5.01. The van der Waals surface area contributed by atoms with Gasteiger partial charge in [0.15, 0.2) is 0 Å². The average molecular weight is 434 g/mol. The number of hydrogen-bond donors (Lipinski definition) is 3. The van der Waals surface area contributed by atoms with Crippen LogP contribution in [0.1, 0.15) is 22.9 Å². The third-order valence-corrected chi connectivity index (χ3v) is 6.48. The molecule has 32 heavy (non-hydrogen) atoms. The number of carbonyl (C=O) groups is 2. The first kappa shape index (κ1) is 20.4. The number of amides is 3. The monoisotopic (exact) mass is 434 g/mol. The summed E-state index contributed by atoms with van der Waals surface area (Å²) in [5, 5.41) is 14.0. The summed E-state index contributed by atoms with van der Waals surface area (Å²) >= 11 is 0. The van der Waals surface area contributed by atoms with Gasteiger partial charge in [0.1, 0.15) is 17.5 Å². The fourth-order valence-electron chi connectivity index (χ4n) is 4.95. The van der Waals surface area contributed by atoms with Crippen LogP contribution in [0.3, 0.4) is 0 Å². The van der Waals surface area contributed by atoms with Crippen molar-refractivity contribution >= 4 is 22.8 Å². The van der Waals surface area contributed by atoms with Crippen LogP contribution in [-0.2, 0) is 17.6 Å². The number of urea groups is 1. The molecule has 3 heterocycles. The summed E-state index contributed by atoms with van der Waals surface area (Å²) in [5.74, 6) is 0.765. The van der Waals surface area contributed by atoms with Crippen LogP contribution < -0.4 is 10.1 Å². The van der Waals surface area contributed by atoms with Crippen molar-refractivity contribution in [1.82, 2.24) is 20.1 Å². The Morgan fingerprint density at radius 1 is 1.22 bits per heavy atom. The number of nitrogens with zero attached hydrogens (tertiary/aromatic N) is 2. The molecule has 2 aromatic carbocycles. The quantitative estimate of drug-likeness (QED) is 0.518. The lowest BCUT2D eigenvalue weighted by molar-refractivity contribution is -0.128. The number of hydrogen-bond acceptors (Lipinski definition) is 5. The van der Waals surface area contributed by atoms with Crippen LogP contribution in [0, 0.1) is 0 Å². The highest BCUT2D eigenvalue weighted by Gasteiger charge is 2.51. The highest BCUT2D eigenvalue weighted by Crippen LogP contribution is 2.43. The van der Waals surface area contributed by atoms with E-state index in [1.54, 1.807) is 37.3 Å². The molecular weight excluding hydrogens is 408 g/mol. The predicted molar refractivity (Wildman–Crippen MR) is 120 cm³/mol. The molecule has 8 nitrogen and oxygen atoms in total. The van der Waals surface area contributed by atoms with Crippen molar-refractivity contribution < 1.29 is 19.4 Å². The van der Waals surface area contributed by atoms with Gasteiger partial charge in [0.25, 0.3) is 5.91 Å². The van der Waals surface area contributed by atoms with Crippen LogP contribution in [0.5, 0.6) is 11.5 Å². The van der Waals surface area contributed by atoms with Gasteiger partial charge in [-0.2, -0.15) is 0 Å². The molecule has 2 atom stereocenters. The molecule has 8 heteroatoms. The Morgan fingerprint density at radius 3 is 2.81 bits per heavy atom. The number of ether oxygens (including phenoxy) is 1. The van der Waals surface area contributed by atoms with Gasteiger partial charge in [-0.25, -0.2) is 4.79 Å². The van der Waals surface area contributed by atoms with Crippen LogP contribution in [0.15, 0.2) is 42.5 Å². The van der Waals surface area contributed by atoms with Crippen molar-refractivity contribution in [2.45, 2.75) is 24.9 Å². The standard InChI is InChI=1S/C24H26N4O4/c1-25-8-9-27-23(30)21-13-18-17-12-16(32-2)6-7-19(17)26-22(18)20(28(21)24(27)31)11-14-4-3-5-15(29)10-14/h3-7,10,12,20-21,25-26,29H,8-9,11,13H2,1-2H3/t20?,21-/m0/s1. The lowest BCUT2D eigenvalue weighted by Crippen LogP contribution is -2.44. The molecule has 0 saturated carbocycles. The molecule has 1 unspecified atom stereocenters. The van der Waals surface area contributed by atoms with Crippen LogP contribution in [-0.4, -0.2) is 65.1 Å². The summed E-state index contributed by atoms with van der Waals surface area (Å²) in [6, 6.07) is 11.7. The lowest BCUT2D eigenvalue weighted by Gasteiger charge is -2.36. The van der Waals surface area contributed by atoms with Gasteiger partial charge in [-0.3, -0.25) is 9.69 Å². The highest BCUT2D eigenvalue weighted by molar-refractivity contribution is 6.05. The first-order chi connectivity index (χ1) is 15.5. The minimum Gasteiger partial charge on any atom is -0.508 e. The number of nitrogens with one attached hydrogen (secondary N) is 2. The van der Waals surface area contributed by atoms with Crippen molar-refractivity contribution in [3.05, 3.63) is 59.3 Å². The van der Waals surface area contributed by atoms with E-state index in [2.05, 4.69) is 10.3 Å². The zero-order chi connectivity index (χ0) is 22.4. The van der Waals surface area contributed by atoms with E-state index in [1.807, 2.05) is 24.3 Å². The summed E-state index contributed by atoms with van der Waals surface area (Å²) in [6.45, 7) is 0.878. The van der Waals surface area contributed by atoms with E-state index in [0.717, 1.165) is 33.5 Å². The summed E-state index contributed by atoms with van der Waals surface area (Å²) in [6.07, 6.45) is 0.945. The topological polar surface area (TPSA) is 97.9 Å². The van der Waals surface area contributed by atoms with Gasteiger partial charge in [-0.15, -0.1) is 0 Å². The largest absolute Gasteiger partial charge is 0.508 e. The van der Waals surface area contributed by atoms with E-state index < -0.39 is 6.04 Å². The van der Waals surface area contributed by atoms with Crippen molar-refractivity contribution in [2.75, 3.05) is 27.2 Å². The molecule has 2 aliphatic heterocycles. The molecule has 166 valence electrons. The number of aromatic hydroxyl groups is 1. The third-order valence-electron chi connectivity index (χ3n) is 6.48. The second-order valence-corrected chi connectivity index (χ2v) is 8.32. The number of likely N-dealkylation sites (N-methyl/N-ethyl adjacent to an activating group) is 1. The minimum absolute atomic E-state index is 0.158. The first-order valence-corrected chi connectivity index (χ1v) is 10.8. The fourth-order valence-corrected chi connectivity index (χ4v) is 4.95. The smallest absolute Gasteiger partial charge is 0.328 e. The van der Waals surface area contributed by atoms with Crippen LogP contribution in [0.2, 0.25) is 0 Å². The third kappa shape index (κ3) is 3.18. The number of benzene rings is 2. The Labute approximate surface area is 185 Å². The summed E-state index contributed by atoms with van der Waals surface area (Å²) in [4.78, 5) is 33.2. The second-order valence-electron chi connectivity index (χ2n) is 8.32. The van der Waals surface area contributed by atoms with E-state index in [9.17, 15) is 14.7 Å².